The second-order valence-corrected chi connectivity index (χ2v) is 6.30. The van der Waals surface area contributed by atoms with Gasteiger partial charge < -0.3 is 10.5 Å². The molecule has 20 heavy (non-hydrogen) atoms. The first-order valence-corrected chi connectivity index (χ1v) is 8.11. The molecular formula is C15H16FNOS2. The molecular weight excluding hydrogens is 293 g/mol. The quantitative estimate of drug-likeness (QED) is 0.490. The Kier molecular flexibility index (Phi) is 5.61. The summed E-state index contributed by atoms with van der Waals surface area (Å²) in [6.07, 6.45) is 0. The Morgan fingerprint density at radius 1 is 1.05 bits per heavy atom. The molecule has 2 aromatic carbocycles. The number of benzene rings is 2. The number of anilines is 1. The molecule has 0 aliphatic rings. The van der Waals surface area contributed by atoms with Crippen LogP contribution < -0.4 is 10.5 Å². The molecule has 0 fully saturated rings. The fourth-order valence-corrected chi connectivity index (χ4v) is 3.55. The van der Waals surface area contributed by atoms with Crippen molar-refractivity contribution in [1.82, 2.24) is 0 Å². The van der Waals surface area contributed by atoms with Crippen molar-refractivity contribution in [2.45, 2.75) is 9.79 Å². The fourth-order valence-electron chi connectivity index (χ4n) is 1.63. The van der Waals surface area contributed by atoms with Gasteiger partial charge in [0.1, 0.15) is 11.6 Å². The van der Waals surface area contributed by atoms with E-state index >= 15 is 0 Å². The van der Waals surface area contributed by atoms with Gasteiger partial charge in [0.05, 0.1) is 7.11 Å². The normalized spacial score (nSPS) is 10.5. The summed E-state index contributed by atoms with van der Waals surface area (Å²) in [6, 6.07) is 12.4. The molecule has 106 valence electrons. The van der Waals surface area contributed by atoms with Crippen molar-refractivity contribution in [2.75, 3.05) is 24.3 Å². The summed E-state index contributed by atoms with van der Waals surface area (Å²) < 4.78 is 18.6. The Labute approximate surface area is 126 Å². The van der Waals surface area contributed by atoms with Gasteiger partial charge in [-0.25, -0.2) is 4.39 Å². The number of hydrogen-bond donors (Lipinski definition) is 1. The van der Waals surface area contributed by atoms with E-state index in [9.17, 15) is 4.39 Å². The first-order chi connectivity index (χ1) is 9.70. The van der Waals surface area contributed by atoms with Crippen LogP contribution in [0.15, 0.2) is 52.3 Å². The summed E-state index contributed by atoms with van der Waals surface area (Å²) >= 11 is 3.17. The van der Waals surface area contributed by atoms with Crippen molar-refractivity contribution in [2.24, 2.45) is 0 Å². The molecule has 0 unspecified atom stereocenters. The van der Waals surface area contributed by atoms with Crippen LogP contribution in [-0.2, 0) is 0 Å². The first-order valence-electron chi connectivity index (χ1n) is 6.14. The Bertz CT molecular complexity index is 578. The Morgan fingerprint density at radius 2 is 1.75 bits per heavy atom. The van der Waals surface area contributed by atoms with Gasteiger partial charge in [-0.05, 0) is 30.3 Å². The SMILES string of the molecule is COc1ccc(N)c(SCCSc2ccccc2F)c1. The molecule has 2 aromatic rings. The third-order valence-electron chi connectivity index (χ3n) is 2.66. The van der Waals surface area contributed by atoms with Gasteiger partial charge in [0.15, 0.2) is 0 Å². The standard InChI is InChI=1S/C15H16FNOS2/c1-18-11-6-7-13(17)15(10-11)20-9-8-19-14-5-3-2-4-12(14)16/h2-7,10H,8-9,17H2,1H3. The second kappa shape index (κ2) is 7.45. The molecule has 0 aliphatic heterocycles. The van der Waals surface area contributed by atoms with Crippen molar-refractivity contribution in [3.05, 3.63) is 48.3 Å². The van der Waals surface area contributed by atoms with Gasteiger partial charge >= 0.3 is 0 Å². The van der Waals surface area contributed by atoms with E-state index in [-0.39, 0.29) is 5.82 Å². The molecule has 0 heterocycles. The second-order valence-electron chi connectivity index (χ2n) is 4.03. The smallest absolute Gasteiger partial charge is 0.136 e. The van der Waals surface area contributed by atoms with E-state index in [0.717, 1.165) is 27.8 Å². The minimum Gasteiger partial charge on any atom is -0.497 e. The topological polar surface area (TPSA) is 35.2 Å². The third-order valence-corrected chi connectivity index (χ3v) is 5.04. The van der Waals surface area contributed by atoms with Crippen LogP contribution in [0.4, 0.5) is 10.1 Å². The lowest BCUT2D eigenvalue weighted by Gasteiger charge is -2.08. The number of halogens is 1. The Hall–Kier alpha value is -1.33. The maximum absolute atomic E-state index is 13.4. The van der Waals surface area contributed by atoms with Crippen molar-refractivity contribution in [1.29, 1.82) is 0 Å². The number of nitrogen functional groups attached to an aromatic ring is 1. The van der Waals surface area contributed by atoms with Crippen LogP contribution in [0.2, 0.25) is 0 Å². The third kappa shape index (κ3) is 4.08. The van der Waals surface area contributed by atoms with Crippen LogP contribution in [0.1, 0.15) is 0 Å². The van der Waals surface area contributed by atoms with Gasteiger partial charge in [0, 0.05) is 27.0 Å². The van der Waals surface area contributed by atoms with Gasteiger partial charge in [-0.3, -0.25) is 0 Å². The molecule has 2 nitrogen and oxygen atoms in total. The zero-order chi connectivity index (χ0) is 14.4. The highest BCUT2D eigenvalue weighted by atomic mass is 32.2. The number of thioether (sulfide) groups is 2. The summed E-state index contributed by atoms with van der Waals surface area (Å²) in [4.78, 5) is 1.69. The average molecular weight is 309 g/mol. The van der Waals surface area contributed by atoms with Gasteiger partial charge in [0.25, 0.3) is 0 Å². The highest BCUT2D eigenvalue weighted by Crippen LogP contribution is 2.30. The van der Waals surface area contributed by atoms with Gasteiger partial charge in [-0.15, -0.1) is 23.5 Å². The predicted octanol–water partition coefficient (Wildman–Crippen LogP) is 4.30. The van der Waals surface area contributed by atoms with Gasteiger partial charge in [-0.2, -0.15) is 0 Å². The minimum atomic E-state index is -0.164. The van der Waals surface area contributed by atoms with E-state index in [1.54, 1.807) is 31.0 Å². The summed E-state index contributed by atoms with van der Waals surface area (Å²) in [5, 5.41) is 0. The lowest BCUT2D eigenvalue weighted by Crippen LogP contribution is -1.92. The lowest BCUT2D eigenvalue weighted by molar-refractivity contribution is 0.414. The van der Waals surface area contributed by atoms with E-state index in [1.165, 1.54) is 17.8 Å². The largest absolute Gasteiger partial charge is 0.497 e. The molecule has 0 spiro atoms. The number of rotatable bonds is 6. The van der Waals surface area contributed by atoms with Crippen molar-refractivity contribution in [3.8, 4) is 5.75 Å². The van der Waals surface area contributed by atoms with E-state index in [0.29, 0.717) is 4.90 Å². The van der Waals surface area contributed by atoms with Crippen LogP contribution in [0.5, 0.6) is 5.75 Å². The van der Waals surface area contributed by atoms with E-state index in [2.05, 4.69) is 0 Å². The predicted molar refractivity (Wildman–Crippen MR) is 85.3 cm³/mol. The van der Waals surface area contributed by atoms with E-state index in [1.807, 2.05) is 24.3 Å². The zero-order valence-corrected chi connectivity index (χ0v) is 12.8. The van der Waals surface area contributed by atoms with Crippen molar-refractivity contribution < 1.29 is 9.13 Å². The first kappa shape index (κ1) is 15.1. The monoisotopic (exact) mass is 309 g/mol. The number of ether oxygens (including phenoxy) is 1. The molecule has 5 heteroatoms. The molecule has 2 N–H and O–H groups in total. The maximum Gasteiger partial charge on any atom is 0.136 e. The van der Waals surface area contributed by atoms with Crippen LogP contribution in [-0.4, -0.2) is 18.6 Å². The minimum absolute atomic E-state index is 0.164. The van der Waals surface area contributed by atoms with Crippen LogP contribution in [0.25, 0.3) is 0 Å². The summed E-state index contributed by atoms with van der Waals surface area (Å²) in [7, 11) is 1.63. The van der Waals surface area contributed by atoms with Crippen molar-refractivity contribution in [3.63, 3.8) is 0 Å². The Balaban J connectivity index is 1.86. The molecule has 0 atom stereocenters. The maximum atomic E-state index is 13.4. The molecule has 0 bridgehead atoms. The summed E-state index contributed by atoms with van der Waals surface area (Å²) in [5.74, 6) is 2.31. The van der Waals surface area contributed by atoms with Crippen LogP contribution in [0.3, 0.4) is 0 Å². The van der Waals surface area contributed by atoms with E-state index in [4.69, 9.17) is 10.5 Å². The van der Waals surface area contributed by atoms with E-state index < -0.39 is 0 Å². The molecule has 0 saturated carbocycles. The zero-order valence-electron chi connectivity index (χ0n) is 11.1. The van der Waals surface area contributed by atoms with Gasteiger partial charge in [0.2, 0.25) is 0 Å². The fraction of sp³-hybridized carbons (Fsp3) is 0.200. The highest BCUT2D eigenvalue weighted by Gasteiger charge is 2.04. The van der Waals surface area contributed by atoms with Crippen LogP contribution >= 0.6 is 23.5 Å². The number of methoxy groups -OCH3 is 1. The van der Waals surface area contributed by atoms with Crippen molar-refractivity contribution >= 4 is 29.2 Å². The Morgan fingerprint density at radius 3 is 2.45 bits per heavy atom. The molecule has 0 aromatic heterocycles. The molecule has 0 radical (unpaired) electrons. The number of nitrogens with two attached hydrogens (primary N) is 1. The molecule has 0 saturated heterocycles. The summed E-state index contributed by atoms with van der Waals surface area (Å²) in [6.45, 7) is 0. The average Bonchev–Trinajstić information content (AvgIpc) is 2.47. The van der Waals surface area contributed by atoms with Crippen LogP contribution in [0, 0.1) is 5.82 Å². The molecule has 0 aliphatic carbocycles. The molecule has 0 amide bonds. The summed E-state index contributed by atoms with van der Waals surface area (Å²) in [5.41, 5.74) is 6.66. The highest BCUT2D eigenvalue weighted by molar-refractivity contribution is 8.03. The number of hydrogen-bond acceptors (Lipinski definition) is 4. The molecule has 2 rings (SSSR count). The van der Waals surface area contributed by atoms with Gasteiger partial charge in [-0.1, -0.05) is 12.1 Å². The lowest BCUT2D eigenvalue weighted by atomic mass is 10.3.